The van der Waals surface area contributed by atoms with Crippen LogP contribution in [0, 0.1) is 0 Å². The summed E-state index contributed by atoms with van der Waals surface area (Å²) < 4.78 is 22.7. The standard InChI is InChI=1S/C51H97NO8/c1-6-8-10-12-14-16-18-19-20-21-22-23-24-25-26-27-28-29-30-31-32-34-35-37-39-41-48(53)58-45-47(46-59-51(50(55)56)57-44-43-52(3,4)5)60-49(54)42-40-38-36-33-17-15-13-11-9-7-2/h11,13,47,51H,6-10,12,14-46H2,1-5H3/p+1/b13-11-. The normalized spacial score (nSPS) is 12.9. The minimum absolute atomic E-state index is 0.180. The fourth-order valence-corrected chi connectivity index (χ4v) is 7.31. The summed E-state index contributed by atoms with van der Waals surface area (Å²) in [5.74, 6) is -2.01. The van der Waals surface area contributed by atoms with Gasteiger partial charge in [-0.25, -0.2) is 4.79 Å². The molecule has 2 unspecified atom stereocenters. The molecule has 0 rings (SSSR count). The number of carbonyl (C=O) groups excluding carboxylic acids is 2. The van der Waals surface area contributed by atoms with Crippen molar-refractivity contribution in [3.05, 3.63) is 12.2 Å². The smallest absolute Gasteiger partial charge is 0.361 e. The predicted octanol–water partition coefficient (Wildman–Crippen LogP) is 13.8. The summed E-state index contributed by atoms with van der Waals surface area (Å²) >= 11 is 0. The van der Waals surface area contributed by atoms with Gasteiger partial charge in [-0.3, -0.25) is 9.59 Å². The van der Waals surface area contributed by atoms with Crippen LogP contribution in [-0.2, 0) is 33.3 Å². The molecule has 60 heavy (non-hydrogen) atoms. The van der Waals surface area contributed by atoms with Crippen LogP contribution < -0.4 is 0 Å². The molecular formula is C51H98NO8+. The van der Waals surface area contributed by atoms with Crippen LogP contribution in [0.5, 0.6) is 0 Å². The summed E-state index contributed by atoms with van der Waals surface area (Å²) in [5, 5.41) is 9.63. The number of hydrogen-bond donors (Lipinski definition) is 1. The molecule has 0 radical (unpaired) electrons. The van der Waals surface area contributed by atoms with Gasteiger partial charge in [0.25, 0.3) is 6.29 Å². The number of hydrogen-bond acceptors (Lipinski definition) is 7. The number of carboxylic acids is 1. The van der Waals surface area contributed by atoms with E-state index >= 15 is 0 Å². The highest BCUT2D eigenvalue weighted by Crippen LogP contribution is 2.17. The number of carboxylic acid groups (broad SMARTS) is 1. The van der Waals surface area contributed by atoms with Gasteiger partial charge in [-0.1, -0.05) is 206 Å². The molecule has 0 fully saturated rings. The zero-order chi connectivity index (χ0) is 44.2. The molecule has 2 atom stereocenters. The summed E-state index contributed by atoms with van der Waals surface area (Å²) in [7, 11) is 5.96. The molecule has 9 nitrogen and oxygen atoms in total. The SMILES string of the molecule is CCC/C=C\CCCCCCCC(=O)OC(COC(=O)CCCCCCCCCCCCCCCCCCCCCCCCCCC)COC(OCC[N+](C)(C)C)C(=O)O. The molecule has 9 heteroatoms. The van der Waals surface area contributed by atoms with Crippen LogP contribution in [0.3, 0.4) is 0 Å². The van der Waals surface area contributed by atoms with Gasteiger partial charge in [0, 0.05) is 12.8 Å². The van der Waals surface area contributed by atoms with Gasteiger partial charge in [0.05, 0.1) is 34.4 Å². The van der Waals surface area contributed by atoms with Gasteiger partial charge in [0.15, 0.2) is 6.10 Å². The maximum Gasteiger partial charge on any atom is 0.361 e. The van der Waals surface area contributed by atoms with Crippen molar-refractivity contribution in [2.24, 2.45) is 0 Å². The Kier molecular flexibility index (Phi) is 42.2. The van der Waals surface area contributed by atoms with Gasteiger partial charge in [0.2, 0.25) is 0 Å². The molecule has 0 aliphatic carbocycles. The molecule has 0 aromatic rings. The highest BCUT2D eigenvalue weighted by atomic mass is 16.7. The van der Waals surface area contributed by atoms with Crippen LogP contribution in [0.15, 0.2) is 12.2 Å². The summed E-state index contributed by atoms with van der Waals surface area (Å²) in [4.78, 5) is 37.1. The van der Waals surface area contributed by atoms with Crippen LogP contribution >= 0.6 is 0 Å². The second kappa shape index (κ2) is 43.7. The van der Waals surface area contributed by atoms with Crippen LogP contribution in [0.2, 0.25) is 0 Å². The monoisotopic (exact) mass is 853 g/mol. The van der Waals surface area contributed by atoms with Gasteiger partial charge in [0.1, 0.15) is 13.2 Å². The number of allylic oxidation sites excluding steroid dienone is 2. The maximum atomic E-state index is 12.7. The third kappa shape index (κ3) is 44.1. The number of rotatable bonds is 47. The van der Waals surface area contributed by atoms with E-state index in [1.165, 1.54) is 148 Å². The highest BCUT2D eigenvalue weighted by molar-refractivity contribution is 5.71. The third-order valence-corrected chi connectivity index (χ3v) is 11.3. The van der Waals surface area contributed by atoms with Crippen LogP contribution in [0.25, 0.3) is 0 Å². The summed E-state index contributed by atoms with van der Waals surface area (Å²) in [6, 6.07) is 0. The van der Waals surface area contributed by atoms with Crippen LogP contribution in [-0.4, -0.2) is 87.4 Å². The Bertz CT molecular complexity index is 996. The van der Waals surface area contributed by atoms with Crippen molar-refractivity contribution in [2.45, 2.75) is 251 Å². The molecule has 0 saturated carbocycles. The van der Waals surface area contributed by atoms with Crippen molar-refractivity contribution in [2.75, 3.05) is 47.5 Å². The van der Waals surface area contributed by atoms with E-state index in [0.29, 0.717) is 23.9 Å². The lowest BCUT2D eigenvalue weighted by atomic mass is 10.0. The van der Waals surface area contributed by atoms with E-state index in [0.717, 1.165) is 57.8 Å². The topological polar surface area (TPSA) is 108 Å². The van der Waals surface area contributed by atoms with E-state index in [9.17, 15) is 19.5 Å². The first-order valence-electron chi connectivity index (χ1n) is 25.4. The van der Waals surface area contributed by atoms with Gasteiger partial charge in [-0.15, -0.1) is 0 Å². The fraction of sp³-hybridized carbons (Fsp3) is 0.902. The van der Waals surface area contributed by atoms with E-state index in [4.69, 9.17) is 18.9 Å². The number of nitrogens with zero attached hydrogens (tertiary/aromatic N) is 1. The number of unbranched alkanes of at least 4 members (excludes halogenated alkanes) is 30. The average molecular weight is 853 g/mol. The zero-order valence-electron chi connectivity index (χ0n) is 40.1. The van der Waals surface area contributed by atoms with Crippen LogP contribution in [0.4, 0.5) is 0 Å². The second-order valence-corrected chi connectivity index (χ2v) is 18.5. The lowest BCUT2D eigenvalue weighted by Gasteiger charge is -2.25. The molecule has 1 N–H and O–H groups in total. The van der Waals surface area contributed by atoms with Crippen molar-refractivity contribution in [3.63, 3.8) is 0 Å². The van der Waals surface area contributed by atoms with E-state index in [1.807, 2.05) is 21.1 Å². The number of likely N-dealkylation sites (N-methyl/N-ethyl adjacent to an activating group) is 1. The third-order valence-electron chi connectivity index (χ3n) is 11.3. The first-order chi connectivity index (χ1) is 29.1. The highest BCUT2D eigenvalue weighted by Gasteiger charge is 2.25. The molecule has 0 bridgehead atoms. The molecule has 0 spiro atoms. The second-order valence-electron chi connectivity index (χ2n) is 18.5. The Morgan fingerprint density at radius 1 is 0.483 bits per heavy atom. The lowest BCUT2D eigenvalue weighted by Crippen LogP contribution is -2.40. The molecular weight excluding hydrogens is 755 g/mol. The molecule has 0 aromatic carbocycles. The van der Waals surface area contributed by atoms with E-state index in [-0.39, 0.29) is 32.2 Å². The van der Waals surface area contributed by atoms with Crippen molar-refractivity contribution >= 4 is 17.9 Å². The average Bonchev–Trinajstić information content (AvgIpc) is 3.21. The van der Waals surface area contributed by atoms with Crippen molar-refractivity contribution in [1.82, 2.24) is 0 Å². The van der Waals surface area contributed by atoms with E-state index < -0.39 is 24.3 Å². The molecule has 0 saturated heterocycles. The number of quaternary nitrogens is 1. The predicted molar refractivity (Wildman–Crippen MR) is 249 cm³/mol. The van der Waals surface area contributed by atoms with Crippen LogP contribution in [0.1, 0.15) is 239 Å². The largest absolute Gasteiger partial charge is 0.477 e. The zero-order valence-corrected chi connectivity index (χ0v) is 40.1. The first-order valence-corrected chi connectivity index (χ1v) is 25.4. The molecule has 0 aliphatic heterocycles. The minimum Gasteiger partial charge on any atom is -0.477 e. The Labute approximate surface area is 370 Å². The van der Waals surface area contributed by atoms with Crippen molar-refractivity contribution < 1.29 is 42.9 Å². The van der Waals surface area contributed by atoms with E-state index in [2.05, 4.69) is 26.0 Å². The van der Waals surface area contributed by atoms with E-state index in [1.54, 1.807) is 0 Å². The Morgan fingerprint density at radius 3 is 1.30 bits per heavy atom. The van der Waals surface area contributed by atoms with Crippen molar-refractivity contribution in [3.8, 4) is 0 Å². The van der Waals surface area contributed by atoms with Gasteiger partial charge < -0.3 is 28.5 Å². The molecule has 0 heterocycles. The minimum atomic E-state index is -1.51. The van der Waals surface area contributed by atoms with Crippen molar-refractivity contribution in [1.29, 1.82) is 0 Å². The number of esters is 2. The van der Waals surface area contributed by atoms with Gasteiger partial charge in [-0.2, -0.15) is 0 Å². The fourth-order valence-electron chi connectivity index (χ4n) is 7.31. The lowest BCUT2D eigenvalue weighted by molar-refractivity contribution is -0.870. The summed E-state index contributed by atoms with van der Waals surface area (Å²) in [6.45, 7) is 4.83. The van der Waals surface area contributed by atoms with Gasteiger partial charge >= 0.3 is 17.9 Å². The summed E-state index contributed by atoms with van der Waals surface area (Å²) in [5.41, 5.74) is 0. The maximum absolute atomic E-state index is 12.7. The Balaban J connectivity index is 4.12. The van der Waals surface area contributed by atoms with Gasteiger partial charge in [-0.05, 0) is 32.1 Å². The quantitative estimate of drug-likeness (QED) is 0.0212. The Hall–Kier alpha value is -1.97. The summed E-state index contributed by atoms with van der Waals surface area (Å²) in [6.07, 6.45) is 44.4. The molecule has 0 aliphatic rings. The number of ether oxygens (including phenoxy) is 4. The first kappa shape index (κ1) is 58.0. The molecule has 0 amide bonds. The molecule has 354 valence electrons. The number of aliphatic carboxylic acids is 1. The molecule has 0 aromatic heterocycles. The Morgan fingerprint density at radius 2 is 0.883 bits per heavy atom. The number of carbonyl (C=O) groups is 3.